The maximum absolute atomic E-state index is 12.5. The Hall–Kier alpha value is -2.91. The number of carbonyl (C=O) groups excluding carboxylic acids is 1. The summed E-state index contributed by atoms with van der Waals surface area (Å²) in [5.41, 5.74) is -0.508. The van der Waals surface area contributed by atoms with Crippen LogP contribution in [-0.4, -0.2) is 35.6 Å². The normalized spacial score (nSPS) is 11.1. The number of hydrogen-bond donors (Lipinski definition) is 1. The van der Waals surface area contributed by atoms with Crippen LogP contribution in [0, 0.1) is 0 Å². The highest BCUT2D eigenvalue weighted by atomic mass is 79.9. The number of H-pyrrole nitrogens is 1. The lowest BCUT2D eigenvalue weighted by molar-refractivity contribution is -0.142. The molecule has 0 amide bonds. The van der Waals surface area contributed by atoms with Crippen molar-refractivity contribution >= 4 is 50.6 Å². The summed E-state index contributed by atoms with van der Waals surface area (Å²) in [6.07, 6.45) is 1.24. The maximum atomic E-state index is 12.5. The van der Waals surface area contributed by atoms with E-state index < -0.39 is 17.2 Å². The van der Waals surface area contributed by atoms with Gasteiger partial charge in [0.15, 0.2) is 6.61 Å². The van der Waals surface area contributed by atoms with Gasteiger partial charge in [0.1, 0.15) is 5.75 Å². The number of halogens is 2. The molecule has 0 aliphatic rings. The van der Waals surface area contributed by atoms with Crippen LogP contribution in [0.15, 0.2) is 55.6 Å². The van der Waals surface area contributed by atoms with Crippen LogP contribution < -0.4 is 16.0 Å². The van der Waals surface area contributed by atoms with Gasteiger partial charge < -0.3 is 14.5 Å². The van der Waals surface area contributed by atoms with Crippen LogP contribution in [0.3, 0.4) is 0 Å². The molecule has 0 radical (unpaired) electrons. The van der Waals surface area contributed by atoms with Crippen LogP contribution in [0.2, 0.25) is 5.02 Å². The number of para-hydroxylation sites is 1. The van der Waals surface area contributed by atoms with Crippen LogP contribution in [0.5, 0.6) is 5.75 Å². The number of nitrogens with one attached hydrogen (secondary N) is 1. The monoisotopic (exact) mass is 465 g/mol. The number of nitrogens with zero attached hydrogens (tertiary/aromatic N) is 2. The second-order valence-electron chi connectivity index (χ2n) is 5.51. The standard InChI is InChI=1S/C18H13BrClN3O5/c1-27-15(24)9-28-16-10(6-11(20)7-13(16)19)8-21-23-17(25)12-4-2-3-5-14(12)22-18(23)26/h2-8H,9H2,1H3,(H,22,26). The number of hydrogen-bond acceptors (Lipinski definition) is 6. The molecule has 0 unspecified atom stereocenters. The summed E-state index contributed by atoms with van der Waals surface area (Å²) < 4.78 is 11.2. The molecular formula is C18H13BrClN3O5. The highest BCUT2D eigenvalue weighted by molar-refractivity contribution is 9.10. The minimum Gasteiger partial charge on any atom is -0.480 e. The number of rotatable bonds is 5. The van der Waals surface area contributed by atoms with E-state index in [1.54, 1.807) is 30.3 Å². The maximum Gasteiger partial charge on any atom is 0.349 e. The first-order valence-corrected chi connectivity index (χ1v) is 9.05. The Kier molecular flexibility index (Phi) is 5.96. The Morgan fingerprint density at radius 1 is 1.32 bits per heavy atom. The van der Waals surface area contributed by atoms with E-state index in [1.807, 2.05) is 0 Å². The minimum atomic E-state index is -0.696. The van der Waals surface area contributed by atoms with Crippen molar-refractivity contribution in [3.05, 3.63) is 72.3 Å². The van der Waals surface area contributed by atoms with Crippen LogP contribution in [-0.2, 0) is 9.53 Å². The fraction of sp³-hybridized carbons (Fsp3) is 0.111. The predicted octanol–water partition coefficient (Wildman–Crippen LogP) is 2.54. The van der Waals surface area contributed by atoms with Crippen molar-refractivity contribution in [3.63, 3.8) is 0 Å². The van der Waals surface area contributed by atoms with Crippen LogP contribution in [0.25, 0.3) is 10.9 Å². The number of carbonyl (C=O) groups is 1. The first kappa shape index (κ1) is 19.8. The molecular weight excluding hydrogens is 454 g/mol. The van der Waals surface area contributed by atoms with Crippen LogP contribution in [0.1, 0.15) is 5.56 Å². The van der Waals surface area contributed by atoms with Gasteiger partial charge in [0.05, 0.1) is 28.7 Å². The summed E-state index contributed by atoms with van der Waals surface area (Å²) in [5, 5.41) is 4.65. The van der Waals surface area contributed by atoms with Gasteiger partial charge >= 0.3 is 11.7 Å². The lowest BCUT2D eigenvalue weighted by atomic mass is 10.2. The summed E-state index contributed by atoms with van der Waals surface area (Å²) in [6.45, 7) is -0.339. The Morgan fingerprint density at radius 3 is 2.82 bits per heavy atom. The summed E-state index contributed by atoms with van der Waals surface area (Å²) >= 11 is 9.36. The third-order valence-corrected chi connectivity index (χ3v) is 4.50. The van der Waals surface area contributed by atoms with Crippen molar-refractivity contribution in [1.82, 2.24) is 9.66 Å². The van der Waals surface area contributed by atoms with Crippen LogP contribution in [0.4, 0.5) is 0 Å². The zero-order valence-corrected chi connectivity index (χ0v) is 16.8. The number of methoxy groups -OCH3 is 1. The summed E-state index contributed by atoms with van der Waals surface area (Å²) in [7, 11) is 1.24. The third-order valence-electron chi connectivity index (χ3n) is 3.70. The first-order valence-electron chi connectivity index (χ1n) is 7.88. The van der Waals surface area contributed by atoms with Crippen LogP contribution >= 0.6 is 27.5 Å². The van der Waals surface area contributed by atoms with Gasteiger partial charge in [0, 0.05) is 10.6 Å². The summed E-state index contributed by atoms with van der Waals surface area (Å²) in [6, 6.07) is 9.69. The largest absolute Gasteiger partial charge is 0.480 e. The first-order chi connectivity index (χ1) is 13.4. The summed E-state index contributed by atoms with van der Waals surface area (Å²) in [5.74, 6) is -0.323. The SMILES string of the molecule is COC(=O)COc1c(Br)cc(Cl)cc1C=Nn1c(=O)[nH]c2ccccc2c1=O. The van der Waals surface area contributed by atoms with Gasteiger partial charge in [0.25, 0.3) is 5.56 Å². The van der Waals surface area contributed by atoms with E-state index in [0.29, 0.717) is 30.6 Å². The van der Waals surface area contributed by atoms with Gasteiger partial charge in [-0.1, -0.05) is 23.7 Å². The molecule has 8 nitrogen and oxygen atoms in total. The van der Waals surface area contributed by atoms with Crippen molar-refractivity contribution in [1.29, 1.82) is 0 Å². The second kappa shape index (κ2) is 8.41. The predicted molar refractivity (Wildman–Crippen MR) is 108 cm³/mol. The lowest BCUT2D eigenvalue weighted by Gasteiger charge is -2.11. The molecule has 0 bridgehead atoms. The van der Waals surface area contributed by atoms with E-state index in [0.717, 1.165) is 0 Å². The van der Waals surface area contributed by atoms with Gasteiger partial charge in [0.2, 0.25) is 0 Å². The van der Waals surface area contributed by atoms with Gasteiger partial charge in [-0.3, -0.25) is 4.79 Å². The molecule has 0 atom stereocenters. The number of aromatic nitrogens is 2. The molecule has 0 aliphatic carbocycles. The molecule has 1 aromatic heterocycles. The van der Waals surface area contributed by atoms with Crippen molar-refractivity contribution in [2.24, 2.45) is 5.10 Å². The van der Waals surface area contributed by atoms with Crippen molar-refractivity contribution in [3.8, 4) is 5.75 Å². The second-order valence-corrected chi connectivity index (χ2v) is 6.80. The van der Waals surface area contributed by atoms with E-state index in [-0.39, 0.29) is 12.4 Å². The molecule has 0 fully saturated rings. The van der Waals surface area contributed by atoms with Gasteiger partial charge in [-0.2, -0.15) is 5.10 Å². The molecule has 0 spiro atoms. The Morgan fingerprint density at radius 2 is 2.07 bits per heavy atom. The fourth-order valence-corrected chi connectivity index (χ4v) is 3.34. The molecule has 2 aromatic carbocycles. The van der Waals surface area contributed by atoms with E-state index in [2.05, 4.69) is 30.8 Å². The molecule has 0 saturated heterocycles. The molecule has 3 aromatic rings. The quantitative estimate of drug-likeness (QED) is 0.460. The van der Waals surface area contributed by atoms with Gasteiger partial charge in [-0.25, -0.2) is 9.59 Å². The minimum absolute atomic E-state index is 0.254. The molecule has 0 aliphatic heterocycles. The zero-order valence-electron chi connectivity index (χ0n) is 14.4. The number of fused-ring (bicyclic) bond motifs is 1. The highest BCUT2D eigenvalue weighted by Gasteiger charge is 2.12. The molecule has 144 valence electrons. The van der Waals surface area contributed by atoms with Crippen molar-refractivity contribution in [2.45, 2.75) is 0 Å². The fourth-order valence-electron chi connectivity index (χ4n) is 2.40. The molecule has 1 N–H and O–H groups in total. The molecule has 3 rings (SSSR count). The lowest BCUT2D eigenvalue weighted by Crippen LogP contribution is -2.32. The molecule has 0 saturated carbocycles. The average Bonchev–Trinajstić information content (AvgIpc) is 2.66. The number of esters is 1. The van der Waals surface area contributed by atoms with Crippen molar-refractivity contribution in [2.75, 3.05) is 13.7 Å². The average molecular weight is 467 g/mol. The molecule has 28 heavy (non-hydrogen) atoms. The van der Waals surface area contributed by atoms with Crippen molar-refractivity contribution < 1.29 is 14.3 Å². The molecule has 10 heteroatoms. The Balaban J connectivity index is 2.05. The summed E-state index contributed by atoms with van der Waals surface area (Å²) in [4.78, 5) is 38.7. The third kappa shape index (κ3) is 4.15. The number of ether oxygens (including phenoxy) is 2. The number of aromatic amines is 1. The van der Waals surface area contributed by atoms with E-state index in [4.69, 9.17) is 16.3 Å². The Labute approximate surface area is 171 Å². The zero-order chi connectivity index (χ0) is 20.3. The molecule has 1 heterocycles. The Bertz CT molecular complexity index is 1200. The topological polar surface area (TPSA) is 103 Å². The van der Waals surface area contributed by atoms with Gasteiger partial charge in [-0.05, 0) is 40.2 Å². The highest BCUT2D eigenvalue weighted by Crippen LogP contribution is 2.32. The number of benzene rings is 2. The van der Waals surface area contributed by atoms with E-state index >= 15 is 0 Å². The van der Waals surface area contributed by atoms with E-state index in [9.17, 15) is 14.4 Å². The van der Waals surface area contributed by atoms with E-state index in [1.165, 1.54) is 19.4 Å². The smallest absolute Gasteiger partial charge is 0.349 e. The van der Waals surface area contributed by atoms with Gasteiger partial charge in [-0.15, -0.1) is 4.68 Å².